The van der Waals surface area contributed by atoms with E-state index in [1.54, 1.807) is 0 Å². The molecule has 1 aromatic carbocycles. The van der Waals surface area contributed by atoms with Gasteiger partial charge in [-0.25, -0.2) is 4.39 Å². The minimum absolute atomic E-state index is 0.0962. The van der Waals surface area contributed by atoms with Crippen LogP contribution in [0.25, 0.3) is 5.69 Å². The van der Waals surface area contributed by atoms with Crippen molar-refractivity contribution < 1.29 is 4.39 Å². The van der Waals surface area contributed by atoms with E-state index in [9.17, 15) is 4.39 Å². The zero-order chi connectivity index (χ0) is 10.8. The van der Waals surface area contributed by atoms with E-state index in [0.717, 1.165) is 0 Å². The smallest absolute Gasteiger partial charge is 0.171 e. The molecule has 0 radical (unpaired) electrons. The SMILES string of the molecule is Fc1ccc(Cl)cc1-n1nnnc1CCl. The van der Waals surface area contributed by atoms with Gasteiger partial charge in [-0.1, -0.05) is 11.6 Å². The van der Waals surface area contributed by atoms with Crippen LogP contribution in [0.5, 0.6) is 0 Å². The highest BCUT2D eigenvalue weighted by Crippen LogP contribution is 2.19. The van der Waals surface area contributed by atoms with Crippen LogP contribution in [0.1, 0.15) is 5.82 Å². The van der Waals surface area contributed by atoms with Gasteiger partial charge in [0.05, 0.1) is 5.88 Å². The summed E-state index contributed by atoms with van der Waals surface area (Å²) in [4.78, 5) is 0. The van der Waals surface area contributed by atoms with E-state index in [2.05, 4.69) is 15.5 Å². The lowest BCUT2D eigenvalue weighted by Crippen LogP contribution is -2.04. The summed E-state index contributed by atoms with van der Waals surface area (Å²) in [5.41, 5.74) is 0.183. The molecule has 7 heteroatoms. The lowest BCUT2D eigenvalue weighted by molar-refractivity contribution is 0.604. The fourth-order valence-corrected chi connectivity index (χ4v) is 1.46. The Morgan fingerprint density at radius 1 is 1.40 bits per heavy atom. The molecule has 2 aromatic rings. The average Bonchev–Trinajstić information content (AvgIpc) is 2.69. The first-order chi connectivity index (χ1) is 7.22. The second kappa shape index (κ2) is 4.12. The minimum Gasteiger partial charge on any atom is -0.205 e. The first-order valence-electron chi connectivity index (χ1n) is 4.01. The third-order valence-corrected chi connectivity index (χ3v) is 2.26. The lowest BCUT2D eigenvalue weighted by atomic mass is 10.3. The first-order valence-corrected chi connectivity index (χ1v) is 4.92. The van der Waals surface area contributed by atoms with Crippen molar-refractivity contribution in [1.82, 2.24) is 20.2 Å². The van der Waals surface area contributed by atoms with Gasteiger partial charge < -0.3 is 0 Å². The molecule has 1 aromatic heterocycles. The number of alkyl halides is 1. The van der Waals surface area contributed by atoms with Crippen LogP contribution in [0.2, 0.25) is 5.02 Å². The zero-order valence-corrected chi connectivity index (χ0v) is 8.87. The predicted octanol–water partition coefficient (Wildman–Crippen LogP) is 2.19. The molecule has 0 aliphatic rings. The lowest BCUT2D eigenvalue weighted by Gasteiger charge is -2.03. The van der Waals surface area contributed by atoms with E-state index in [1.165, 1.54) is 22.9 Å². The highest BCUT2D eigenvalue weighted by molar-refractivity contribution is 6.30. The van der Waals surface area contributed by atoms with E-state index < -0.39 is 5.82 Å². The Labute approximate surface area is 94.6 Å². The molecule has 0 aliphatic heterocycles. The van der Waals surface area contributed by atoms with Gasteiger partial charge in [0.1, 0.15) is 11.5 Å². The molecule has 0 aliphatic carbocycles. The molecular formula is C8H5Cl2FN4. The van der Waals surface area contributed by atoms with Crippen molar-refractivity contribution in [3.8, 4) is 5.69 Å². The van der Waals surface area contributed by atoms with Gasteiger partial charge in [0.2, 0.25) is 0 Å². The third kappa shape index (κ3) is 1.93. The van der Waals surface area contributed by atoms with Gasteiger partial charge in [-0.2, -0.15) is 4.68 Å². The van der Waals surface area contributed by atoms with Gasteiger partial charge >= 0.3 is 0 Å². The molecule has 78 valence electrons. The number of benzene rings is 1. The Hall–Kier alpha value is -1.20. The maximum atomic E-state index is 13.4. The second-order valence-corrected chi connectivity index (χ2v) is 3.44. The average molecular weight is 247 g/mol. The molecule has 0 amide bonds. The molecule has 1 heterocycles. The third-order valence-electron chi connectivity index (χ3n) is 1.79. The summed E-state index contributed by atoms with van der Waals surface area (Å²) < 4.78 is 14.6. The Balaban J connectivity index is 2.58. The van der Waals surface area contributed by atoms with E-state index in [1.807, 2.05) is 0 Å². The van der Waals surface area contributed by atoms with E-state index >= 15 is 0 Å². The Bertz CT molecular complexity index is 485. The summed E-state index contributed by atoms with van der Waals surface area (Å²) in [5.74, 6) is -0.00483. The largest absolute Gasteiger partial charge is 0.205 e. The molecule has 2 rings (SSSR count). The van der Waals surface area contributed by atoms with E-state index in [-0.39, 0.29) is 11.6 Å². The van der Waals surface area contributed by atoms with Crippen molar-refractivity contribution in [2.45, 2.75) is 5.88 Å². The van der Waals surface area contributed by atoms with Gasteiger partial charge in [-0.15, -0.1) is 16.7 Å². The molecular weight excluding hydrogens is 242 g/mol. The highest BCUT2D eigenvalue weighted by Gasteiger charge is 2.11. The second-order valence-electron chi connectivity index (χ2n) is 2.74. The normalized spacial score (nSPS) is 10.6. The number of nitrogens with zero attached hydrogens (tertiary/aromatic N) is 4. The topological polar surface area (TPSA) is 43.6 Å². The number of hydrogen-bond acceptors (Lipinski definition) is 3. The molecule has 0 bridgehead atoms. The van der Waals surface area contributed by atoms with E-state index in [0.29, 0.717) is 10.8 Å². The molecule has 0 N–H and O–H groups in total. The van der Waals surface area contributed by atoms with Crippen LogP contribution in [0, 0.1) is 5.82 Å². The van der Waals surface area contributed by atoms with Crippen molar-refractivity contribution in [1.29, 1.82) is 0 Å². The fraction of sp³-hybridized carbons (Fsp3) is 0.125. The number of halogens is 3. The number of hydrogen-bond donors (Lipinski definition) is 0. The maximum Gasteiger partial charge on any atom is 0.171 e. The Morgan fingerprint density at radius 3 is 2.93 bits per heavy atom. The van der Waals surface area contributed by atoms with Crippen LogP contribution in [0.4, 0.5) is 4.39 Å². The monoisotopic (exact) mass is 246 g/mol. The fourth-order valence-electron chi connectivity index (χ4n) is 1.12. The van der Waals surface area contributed by atoms with Crippen molar-refractivity contribution in [2.75, 3.05) is 0 Å². The van der Waals surface area contributed by atoms with Gasteiger partial charge in [-0.3, -0.25) is 0 Å². The van der Waals surface area contributed by atoms with Crippen LogP contribution in [0.15, 0.2) is 18.2 Å². The molecule has 0 fully saturated rings. The van der Waals surface area contributed by atoms with Gasteiger partial charge in [-0.05, 0) is 28.6 Å². The molecule has 0 atom stereocenters. The van der Waals surface area contributed by atoms with Crippen LogP contribution >= 0.6 is 23.2 Å². The molecule has 4 nitrogen and oxygen atoms in total. The number of tetrazole rings is 1. The predicted molar refractivity (Wildman–Crippen MR) is 53.7 cm³/mol. The van der Waals surface area contributed by atoms with E-state index in [4.69, 9.17) is 23.2 Å². The summed E-state index contributed by atoms with van der Waals surface area (Å²) in [6.07, 6.45) is 0. The molecule has 0 saturated heterocycles. The minimum atomic E-state index is -0.460. The highest BCUT2D eigenvalue weighted by atomic mass is 35.5. The molecule has 0 saturated carbocycles. The number of rotatable bonds is 2. The maximum absolute atomic E-state index is 13.4. The molecule has 0 unspecified atom stereocenters. The summed E-state index contributed by atoms with van der Waals surface area (Å²) in [5, 5.41) is 11.1. The Kier molecular flexibility index (Phi) is 2.83. The molecule has 0 spiro atoms. The quantitative estimate of drug-likeness (QED) is 0.764. The van der Waals surface area contributed by atoms with Crippen LogP contribution in [0.3, 0.4) is 0 Å². The van der Waals surface area contributed by atoms with Gasteiger partial charge in [0, 0.05) is 5.02 Å². The molecule has 15 heavy (non-hydrogen) atoms. The van der Waals surface area contributed by atoms with Crippen molar-refractivity contribution >= 4 is 23.2 Å². The van der Waals surface area contributed by atoms with Crippen LogP contribution in [-0.4, -0.2) is 20.2 Å². The van der Waals surface area contributed by atoms with Gasteiger partial charge in [0.15, 0.2) is 5.82 Å². The standard InChI is InChI=1S/C8H5Cl2FN4/c9-4-8-12-13-14-15(8)7-3-5(10)1-2-6(7)11/h1-3H,4H2. The van der Waals surface area contributed by atoms with Crippen LogP contribution in [-0.2, 0) is 5.88 Å². The number of aromatic nitrogens is 4. The summed E-state index contributed by atoms with van der Waals surface area (Å²) >= 11 is 11.3. The first kappa shape index (κ1) is 10.3. The summed E-state index contributed by atoms with van der Waals surface area (Å²) in [7, 11) is 0. The summed E-state index contributed by atoms with van der Waals surface area (Å²) in [6.45, 7) is 0. The van der Waals surface area contributed by atoms with Gasteiger partial charge in [0.25, 0.3) is 0 Å². The van der Waals surface area contributed by atoms with Crippen molar-refractivity contribution in [3.63, 3.8) is 0 Å². The Morgan fingerprint density at radius 2 is 2.20 bits per heavy atom. The summed E-state index contributed by atoms with van der Waals surface area (Å²) in [6, 6.07) is 4.13. The van der Waals surface area contributed by atoms with Crippen molar-refractivity contribution in [3.05, 3.63) is 34.9 Å². The zero-order valence-electron chi connectivity index (χ0n) is 7.36. The van der Waals surface area contributed by atoms with Crippen LogP contribution < -0.4 is 0 Å². The van der Waals surface area contributed by atoms with Crippen molar-refractivity contribution in [2.24, 2.45) is 0 Å².